The topological polar surface area (TPSA) is 54.5 Å². The summed E-state index contributed by atoms with van der Waals surface area (Å²) >= 11 is 2.28. The van der Waals surface area contributed by atoms with Crippen LogP contribution in [0.5, 0.6) is 0 Å². The second-order valence-corrected chi connectivity index (χ2v) is 6.26. The van der Waals surface area contributed by atoms with Crippen molar-refractivity contribution in [1.29, 1.82) is 5.26 Å². The van der Waals surface area contributed by atoms with E-state index in [1.54, 1.807) is 0 Å². The van der Waals surface area contributed by atoms with Crippen LogP contribution in [0.25, 0.3) is 11.6 Å². The first-order valence-electron chi connectivity index (χ1n) is 7.08. The van der Waals surface area contributed by atoms with Gasteiger partial charge in [0.25, 0.3) is 0 Å². The molecule has 1 aromatic heterocycles. The summed E-state index contributed by atoms with van der Waals surface area (Å²) in [6.45, 7) is 0.905. The maximum atomic E-state index is 9.52. The van der Waals surface area contributed by atoms with E-state index in [2.05, 4.69) is 43.4 Å². The van der Waals surface area contributed by atoms with Crippen molar-refractivity contribution in [2.45, 2.75) is 32.2 Å². The SMILES string of the molecule is N#CC(=Cc1ccccc1I)c1nnc2n1CCCCC2. The zero-order valence-electron chi connectivity index (χ0n) is 11.6. The number of hydrogen-bond donors (Lipinski definition) is 0. The summed E-state index contributed by atoms with van der Waals surface area (Å²) in [7, 11) is 0. The van der Waals surface area contributed by atoms with Gasteiger partial charge in [-0.1, -0.05) is 24.6 Å². The average molecular weight is 390 g/mol. The Balaban J connectivity index is 2.04. The predicted octanol–water partition coefficient (Wildman–Crippen LogP) is 3.67. The van der Waals surface area contributed by atoms with E-state index >= 15 is 0 Å². The standard InChI is InChI=1S/C16H15IN4/c17-14-7-4-3-6-12(14)10-13(11-18)16-20-19-15-8-2-1-5-9-21(15)16/h3-4,6-7,10H,1-2,5,8-9H2. The average Bonchev–Trinajstić information content (AvgIpc) is 2.75. The van der Waals surface area contributed by atoms with Gasteiger partial charge in [0.2, 0.25) is 0 Å². The van der Waals surface area contributed by atoms with Crippen molar-refractivity contribution in [2.24, 2.45) is 0 Å². The summed E-state index contributed by atoms with van der Waals surface area (Å²) in [5.74, 6) is 1.71. The zero-order chi connectivity index (χ0) is 14.7. The van der Waals surface area contributed by atoms with E-state index in [4.69, 9.17) is 0 Å². The Morgan fingerprint density at radius 3 is 2.90 bits per heavy atom. The fraction of sp³-hybridized carbons (Fsp3) is 0.312. The number of aryl methyl sites for hydroxylation is 1. The first kappa shape index (κ1) is 14.3. The summed E-state index contributed by atoms with van der Waals surface area (Å²) in [6.07, 6.45) is 6.35. The number of fused-ring (bicyclic) bond motifs is 1. The lowest BCUT2D eigenvalue weighted by Crippen LogP contribution is -2.05. The summed E-state index contributed by atoms with van der Waals surface area (Å²) in [4.78, 5) is 0. The van der Waals surface area contributed by atoms with E-state index in [0.29, 0.717) is 11.4 Å². The molecule has 0 saturated heterocycles. The lowest BCUT2D eigenvalue weighted by Gasteiger charge is -2.06. The molecule has 5 heteroatoms. The van der Waals surface area contributed by atoms with Crippen LogP contribution in [-0.2, 0) is 13.0 Å². The van der Waals surface area contributed by atoms with Crippen molar-refractivity contribution in [3.8, 4) is 6.07 Å². The molecule has 2 aromatic rings. The molecule has 1 aliphatic heterocycles. The van der Waals surface area contributed by atoms with Crippen LogP contribution >= 0.6 is 22.6 Å². The Labute approximate surface area is 137 Å². The molecule has 0 spiro atoms. The quantitative estimate of drug-likeness (QED) is 0.581. The van der Waals surface area contributed by atoms with Gasteiger partial charge in [-0.3, -0.25) is 0 Å². The van der Waals surface area contributed by atoms with Gasteiger partial charge in [0.15, 0.2) is 5.82 Å². The van der Waals surface area contributed by atoms with Gasteiger partial charge >= 0.3 is 0 Å². The molecule has 106 valence electrons. The van der Waals surface area contributed by atoms with E-state index in [1.807, 2.05) is 30.3 Å². The van der Waals surface area contributed by atoms with Gasteiger partial charge in [0.05, 0.1) is 5.57 Å². The number of hydrogen-bond acceptors (Lipinski definition) is 3. The van der Waals surface area contributed by atoms with Crippen molar-refractivity contribution >= 4 is 34.2 Å². The van der Waals surface area contributed by atoms with Crippen LogP contribution in [0.2, 0.25) is 0 Å². The summed E-state index contributed by atoms with van der Waals surface area (Å²) in [5.41, 5.74) is 1.63. The van der Waals surface area contributed by atoms with Crippen LogP contribution in [-0.4, -0.2) is 14.8 Å². The number of nitriles is 1. The van der Waals surface area contributed by atoms with Crippen LogP contribution in [0, 0.1) is 14.9 Å². The number of rotatable bonds is 2. The number of allylic oxidation sites excluding steroid dienone is 1. The maximum Gasteiger partial charge on any atom is 0.174 e. The molecule has 0 atom stereocenters. The fourth-order valence-electron chi connectivity index (χ4n) is 2.58. The smallest absolute Gasteiger partial charge is 0.174 e. The predicted molar refractivity (Wildman–Crippen MR) is 90.2 cm³/mol. The van der Waals surface area contributed by atoms with Gasteiger partial charge in [0.1, 0.15) is 11.9 Å². The van der Waals surface area contributed by atoms with Crippen molar-refractivity contribution in [3.05, 3.63) is 45.0 Å². The molecule has 0 N–H and O–H groups in total. The lowest BCUT2D eigenvalue weighted by molar-refractivity contribution is 0.627. The third-order valence-electron chi connectivity index (χ3n) is 3.68. The minimum absolute atomic E-state index is 0.583. The third-order valence-corrected chi connectivity index (χ3v) is 4.66. The molecule has 2 heterocycles. The number of halogens is 1. The van der Waals surface area contributed by atoms with E-state index in [0.717, 1.165) is 40.8 Å². The van der Waals surface area contributed by atoms with Gasteiger partial charge in [-0.2, -0.15) is 5.26 Å². The van der Waals surface area contributed by atoms with Crippen molar-refractivity contribution in [3.63, 3.8) is 0 Å². The van der Waals surface area contributed by atoms with Crippen LogP contribution in [0.3, 0.4) is 0 Å². The van der Waals surface area contributed by atoms with Crippen LogP contribution in [0.15, 0.2) is 24.3 Å². The molecule has 4 nitrogen and oxygen atoms in total. The highest BCUT2D eigenvalue weighted by Gasteiger charge is 2.17. The monoisotopic (exact) mass is 390 g/mol. The second-order valence-electron chi connectivity index (χ2n) is 5.09. The molecule has 0 aliphatic carbocycles. The molecule has 1 aromatic carbocycles. The Morgan fingerprint density at radius 2 is 2.10 bits per heavy atom. The molecule has 0 bridgehead atoms. The number of benzene rings is 1. The first-order chi connectivity index (χ1) is 10.3. The van der Waals surface area contributed by atoms with Crippen molar-refractivity contribution in [1.82, 2.24) is 14.8 Å². The van der Waals surface area contributed by atoms with Gasteiger partial charge in [-0.25, -0.2) is 0 Å². The van der Waals surface area contributed by atoms with Gasteiger partial charge < -0.3 is 4.57 Å². The highest BCUT2D eigenvalue weighted by atomic mass is 127. The second kappa shape index (κ2) is 6.39. The molecule has 0 fully saturated rings. The molecular formula is C16H15IN4. The highest BCUT2D eigenvalue weighted by molar-refractivity contribution is 14.1. The minimum atomic E-state index is 0.583. The molecule has 0 amide bonds. The largest absolute Gasteiger partial charge is 0.310 e. The Kier molecular flexibility index (Phi) is 4.34. The molecule has 1 aliphatic rings. The highest BCUT2D eigenvalue weighted by Crippen LogP contribution is 2.23. The number of nitrogens with zero attached hydrogens (tertiary/aromatic N) is 4. The van der Waals surface area contributed by atoms with E-state index in [1.165, 1.54) is 6.42 Å². The molecule has 0 radical (unpaired) electrons. The molecule has 0 saturated carbocycles. The Hall–Kier alpha value is -1.68. The fourth-order valence-corrected chi connectivity index (χ4v) is 3.12. The van der Waals surface area contributed by atoms with Gasteiger partial charge in [-0.15, -0.1) is 10.2 Å². The summed E-state index contributed by atoms with van der Waals surface area (Å²) in [6, 6.07) is 10.3. The molecular weight excluding hydrogens is 375 g/mol. The summed E-state index contributed by atoms with van der Waals surface area (Å²) in [5, 5.41) is 18.0. The van der Waals surface area contributed by atoms with Crippen LogP contribution < -0.4 is 0 Å². The van der Waals surface area contributed by atoms with Crippen LogP contribution in [0.4, 0.5) is 0 Å². The normalized spacial score (nSPS) is 15.1. The van der Waals surface area contributed by atoms with Crippen LogP contribution in [0.1, 0.15) is 36.5 Å². The Bertz CT molecular complexity index is 724. The van der Waals surface area contributed by atoms with Crippen molar-refractivity contribution in [2.75, 3.05) is 0 Å². The number of aromatic nitrogens is 3. The maximum absolute atomic E-state index is 9.52. The summed E-state index contributed by atoms with van der Waals surface area (Å²) < 4.78 is 3.23. The van der Waals surface area contributed by atoms with Gasteiger partial charge in [0, 0.05) is 16.5 Å². The zero-order valence-corrected chi connectivity index (χ0v) is 13.7. The van der Waals surface area contributed by atoms with E-state index in [9.17, 15) is 5.26 Å². The van der Waals surface area contributed by atoms with Crippen molar-refractivity contribution < 1.29 is 0 Å². The van der Waals surface area contributed by atoms with Gasteiger partial charge in [-0.05, 0) is 53.1 Å². The minimum Gasteiger partial charge on any atom is -0.310 e. The molecule has 0 unspecified atom stereocenters. The molecule has 21 heavy (non-hydrogen) atoms. The molecule has 3 rings (SSSR count). The Morgan fingerprint density at radius 1 is 1.24 bits per heavy atom. The third kappa shape index (κ3) is 3.00. The van der Waals surface area contributed by atoms with E-state index < -0.39 is 0 Å². The lowest BCUT2D eigenvalue weighted by atomic mass is 10.1. The first-order valence-corrected chi connectivity index (χ1v) is 8.16. The van der Waals surface area contributed by atoms with E-state index in [-0.39, 0.29) is 0 Å².